The second-order valence-corrected chi connectivity index (χ2v) is 15.3. The van der Waals surface area contributed by atoms with Gasteiger partial charge in [0.15, 0.2) is 6.19 Å². The minimum atomic E-state index is -0.757. The molecular weight excluding hydrogens is 822 g/mol. The maximum absolute atomic E-state index is 13.1. The second-order valence-electron chi connectivity index (χ2n) is 14.9. The van der Waals surface area contributed by atoms with Gasteiger partial charge in [-0.1, -0.05) is 48.5 Å². The van der Waals surface area contributed by atoms with Crippen LogP contribution in [0.4, 0.5) is 23.1 Å². The van der Waals surface area contributed by atoms with E-state index in [1.807, 2.05) is 30.3 Å². The molecule has 17 heteroatoms. The van der Waals surface area contributed by atoms with E-state index in [1.165, 1.54) is 6.08 Å². The Kier molecular flexibility index (Phi) is 12.3. The van der Waals surface area contributed by atoms with Gasteiger partial charge in [0.25, 0.3) is 11.8 Å². The number of nitrogens with zero attached hydrogens (tertiary/aromatic N) is 7. The number of amides is 3. The molecule has 0 radical (unpaired) electrons. The van der Waals surface area contributed by atoms with Crippen LogP contribution in [0.2, 0.25) is 5.02 Å². The maximum Gasteiger partial charge on any atom is 0.254 e. The summed E-state index contributed by atoms with van der Waals surface area (Å²) in [6.07, 6.45) is 3.80. The third kappa shape index (κ3) is 9.30. The number of primary amides is 1. The Morgan fingerprint density at radius 3 is 2.32 bits per heavy atom. The third-order valence-corrected chi connectivity index (χ3v) is 11.1. The van der Waals surface area contributed by atoms with Crippen LogP contribution in [-0.2, 0) is 9.53 Å². The summed E-state index contributed by atoms with van der Waals surface area (Å²) >= 11 is 7.27. The molecule has 8 rings (SSSR count). The highest BCUT2D eigenvalue weighted by Gasteiger charge is 2.35. The number of nitrogens with two attached hydrogens (primary N) is 2. The summed E-state index contributed by atoms with van der Waals surface area (Å²) in [5, 5.41) is 21.5. The first kappa shape index (κ1) is 42.0. The van der Waals surface area contributed by atoms with Crippen LogP contribution in [0.3, 0.4) is 0 Å². The number of hydrogen-bond acceptors (Lipinski definition) is 12. The lowest BCUT2D eigenvalue weighted by Gasteiger charge is -2.35. The van der Waals surface area contributed by atoms with E-state index in [0.29, 0.717) is 83.7 Å². The molecule has 6 aromatic rings. The summed E-state index contributed by atoms with van der Waals surface area (Å²) in [7, 11) is 0. The monoisotopic (exact) mass is 863 g/mol. The highest BCUT2D eigenvalue weighted by atomic mass is 35.5. The molecule has 3 amide bonds. The Morgan fingerprint density at radius 1 is 0.889 bits per heavy atom. The Morgan fingerprint density at radius 2 is 1.62 bits per heavy atom. The minimum absolute atomic E-state index is 0.0484. The van der Waals surface area contributed by atoms with Crippen molar-refractivity contribution in [2.24, 2.45) is 5.73 Å². The number of morpholine rings is 1. The number of anilines is 4. The van der Waals surface area contributed by atoms with Crippen LogP contribution in [0.5, 0.6) is 11.5 Å². The zero-order chi connectivity index (χ0) is 44.0. The molecule has 6 N–H and O–H groups in total. The SMILES string of the molecule is C=CC(=O)Nc1cccc(-c2nc(Nc3ccc(C(=O)N4CCOCC4)cc3)nc(C3C[C@@H](n4nc(-c5ccc(Oc6ccccc6)cc5)c(C(N)=O)c4N)CN(C#N)C3)c2Cl)c1. The average molecular weight is 864 g/mol. The smallest absolute Gasteiger partial charge is 0.254 e. The van der Waals surface area contributed by atoms with E-state index in [-0.39, 0.29) is 53.0 Å². The first-order chi connectivity index (χ1) is 30.6. The molecule has 2 saturated heterocycles. The first-order valence-corrected chi connectivity index (χ1v) is 20.5. The minimum Gasteiger partial charge on any atom is -0.457 e. The molecule has 2 aliphatic rings. The molecule has 318 valence electrons. The molecule has 2 atom stereocenters. The van der Waals surface area contributed by atoms with E-state index in [0.717, 1.165) is 0 Å². The lowest BCUT2D eigenvalue weighted by molar-refractivity contribution is -0.111. The molecule has 2 fully saturated rings. The van der Waals surface area contributed by atoms with Crippen LogP contribution in [0.25, 0.3) is 22.5 Å². The van der Waals surface area contributed by atoms with E-state index in [1.54, 1.807) is 87.3 Å². The number of nitrogens with one attached hydrogen (secondary N) is 2. The van der Waals surface area contributed by atoms with Gasteiger partial charge in [-0.05, 0) is 85.3 Å². The van der Waals surface area contributed by atoms with Gasteiger partial charge in [0.05, 0.1) is 42.2 Å². The van der Waals surface area contributed by atoms with E-state index < -0.39 is 17.9 Å². The molecule has 0 saturated carbocycles. The van der Waals surface area contributed by atoms with Crippen molar-refractivity contribution in [3.8, 4) is 40.2 Å². The number of carbonyl (C=O) groups is 3. The number of nitrogen functional groups attached to an aromatic ring is 1. The standard InChI is InChI=1S/C46H42ClN11O5/c1-2-37(59)51-33-8-6-7-30(23-33)41-39(47)42(54-46(53-41)52-32-15-11-29(12-16-32)45(61)57-19-21-62-22-20-57)31-24-34(26-56(25-31)27-48)58-43(49)38(44(50)60)40(55-58)28-13-17-36(18-14-28)63-35-9-4-3-5-10-35/h2-18,23,31,34H,1,19-22,24-26,49H2,(H2,50,60)(H,51,59)(H,52,53,54)/t31?,34-/m1/s1. The fraction of sp³-hybridized carbons (Fsp3) is 0.196. The zero-order valence-corrected chi connectivity index (χ0v) is 34.7. The number of piperidine rings is 1. The molecule has 63 heavy (non-hydrogen) atoms. The highest BCUT2D eigenvalue weighted by molar-refractivity contribution is 6.33. The quantitative estimate of drug-likeness (QED) is 0.0723. The Hall–Kier alpha value is -7.74. The molecule has 0 bridgehead atoms. The van der Waals surface area contributed by atoms with Gasteiger partial charge in [-0.3, -0.25) is 14.4 Å². The van der Waals surface area contributed by atoms with Gasteiger partial charge in [-0.25, -0.2) is 14.6 Å². The fourth-order valence-corrected chi connectivity index (χ4v) is 8.05. The molecule has 16 nitrogen and oxygen atoms in total. The molecular formula is C46H42ClN11O5. The molecule has 0 aliphatic carbocycles. The van der Waals surface area contributed by atoms with E-state index in [2.05, 4.69) is 23.4 Å². The molecule has 2 aliphatic heterocycles. The number of benzene rings is 4. The molecule has 1 unspecified atom stereocenters. The van der Waals surface area contributed by atoms with Gasteiger partial charge in [0.2, 0.25) is 11.9 Å². The summed E-state index contributed by atoms with van der Waals surface area (Å²) in [4.78, 5) is 51.4. The van der Waals surface area contributed by atoms with E-state index >= 15 is 0 Å². The van der Waals surface area contributed by atoms with Crippen LogP contribution in [-0.4, -0.2) is 86.7 Å². The molecule has 4 aromatic carbocycles. The van der Waals surface area contributed by atoms with Crippen LogP contribution < -0.4 is 26.8 Å². The van der Waals surface area contributed by atoms with Gasteiger partial charge in [-0.2, -0.15) is 10.4 Å². The number of carbonyl (C=O) groups excluding carboxylic acids is 3. The lowest BCUT2D eigenvalue weighted by Crippen LogP contribution is -2.40. The van der Waals surface area contributed by atoms with Gasteiger partial charge >= 0.3 is 0 Å². The molecule has 0 spiro atoms. The lowest BCUT2D eigenvalue weighted by atomic mass is 9.90. The van der Waals surface area contributed by atoms with Crippen LogP contribution in [0.15, 0.2) is 116 Å². The number of ether oxygens (including phenoxy) is 2. The van der Waals surface area contributed by atoms with Crippen LogP contribution in [0, 0.1) is 11.5 Å². The van der Waals surface area contributed by atoms with Crippen molar-refractivity contribution in [2.75, 3.05) is 55.8 Å². The number of halogens is 1. The van der Waals surface area contributed by atoms with Crippen molar-refractivity contribution in [1.29, 1.82) is 5.26 Å². The van der Waals surface area contributed by atoms with E-state index in [4.69, 9.17) is 47.6 Å². The average Bonchev–Trinajstić information content (AvgIpc) is 3.67. The summed E-state index contributed by atoms with van der Waals surface area (Å²) in [5.74, 6) is -0.220. The normalized spacial score (nSPS) is 16.1. The molecule has 2 aromatic heterocycles. The second kappa shape index (κ2) is 18.5. The number of rotatable bonds is 12. The maximum atomic E-state index is 13.1. The van der Waals surface area contributed by atoms with Crippen molar-refractivity contribution in [1.82, 2.24) is 29.5 Å². The largest absolute Gasteiger partial charge is 0.457 e. The highest BCUT2D eigenvalue weighted by Crippen LogP contribution is 2.41. The van der Waals surface area contributed by atoms with Crippen molar-refractivity contribution in [3.63, 3.8) is 0 Å². The predicted octanol–water partition coefficient (Wildman–Crippen LogP) is 6.99. The van der Waals surface area contributed by atoms with E-state index in [9.17, 15) is 19.6 Å². The van der Waals surface area contributed by atoms with Gasteiger partial charge in [0.1, 0.15) is 28.6 Å². The van der Waals surface area contributed by atoms with Crippen molar-refractivity contribution < 1.29 is 23.9 Å². The number of aromatic nitrogens is 4. The predicted molar refractivity (Wildman–Crippen MR) is 238 cm³/mol. The van der Waals surface area contributed by atoms with Crippen molar-refractivity contribution >= 4 is 52.5 Å². The number of nitriles is 1. The third-order valence-electron chi connectivity index (χ3n) is 10.8. The Balaban J connectivity index is 1.14. The number of likely N-dealkylation sites (tertiary alicyclic amines) is 1. The van der Waals surface area contributed by atoms with Crippen molar-refractivity contribution in [2.45, 2.75) is 18.4 Å². The van der Waals surface area contributed by atoms with Gasteiger partial charge in [0, 0.05) is 53.6 Å². The van der Waals surface area contributed by atoms with Crippen molar-refractivity contribution in [3.05, 3.63) is 138 Å². The number of para-hydroxylation sites is 1. The zero-order valence-electron chi connectivity index (χ0n) is 33.9. The van der Waals surface area contributed by atoms with Gasteiger partial charge < -0.3 is 41.4 Å². The summed E-state index contributed by atoms with van der Waals surface area (Å²) in [6.45, 7) is 6.04. The fourth-order valence-electron chi connectivity index (χ4n) is 7.70. The number of hydrogen-bond donors (Lipinski definition) is 4. The Labute approximate surface area is 367 Å². The Bertz CT molecular complexity index is 2710. The topological polar surface area (TPSA) is 220 Å². The summed E-state index contributed by atoms with van der Waals surface area (Å²) < 4.78 is 12.9. The summed E-state index contributed by atoms with van der Waals surface area (Å²) in [6, 6.07) is 29.9. The van der Waals surface area contributed by atoms with Crippen LogP contribution in [0.1, 0.15) is 44.8 Å². The summed E-state index contributed by atoms with van der Waals surface area (Å²) in [5.41, 5.74) is 16.5. The van der Waals surface area contributed by atoms with Crippen LogP contribution >= 0.6 is 11.6 Å². The molecule has 4 heterocycles. The van der Waals surface area contributed by atoms with Gasteiger partial charge in [-0.15, -0.1) is 0 Å². The first-order valence-electron chi connectivity index (χ1n) is 20.1.